The van der Waals surface area contributed by atoms with Gasteiger partial charge in [0.25, 0.3) is 0 Å². The molecular formula is C22H12F8IrN4-2. The Morgan fingerprint density at radius 2 is 1.54 bits per heavy atom. The minimum Gasteiger partial charge on any atom is -0.573 e. The maximum atomic E-state index is 13.4. The zero-order valence-corrected chi connectivity index (χ0v) is 19.7. The smallest absolute Gasteiger partial charge is 0.432 e. The van der Waals surface area contributed by atoms with Crippen LogP contribution in [0.3, 0.4) is 0 Å². The maximum absolute atomic E-state index is 13.4. The van der Waals surface area contributed by atoms with Crippen molar-refractivity contribution in [3.05, 3.63) is 89.4 Å². The summed E-state index contributed by atoms with van der Waals surface area (Å²) in [6.07, 6.45) is -7.72. The quantitative estimate of drug-likeness (QED) is 0.186. The Morgan fingerprint density at radius 3 is 2.09 bits per heavy atom. The number of hydrogen-bond acceptors (Lipinski definition) is 3. The van der Waals surface area contributed by atoms with Crippen LogP contribution in [0.2, 0.25) is 0 Å². The van der Waals surface area contributed by atoms with Crippen molar-refractivity contribution in [2.24, 2.45) is 0 Å². The van der Waals surface area contributed by atoms with Crippen molar-refractivity contribution in [2.45, 2.75) is 19.3 Å². The van der Waals surface area contributed by atoms with Crippen LogP contribution < -0.4 is 5.10 Å². The number of pyridine rings is 2. The number of halogens is 8. The van der Waals surface area contributed by atoms with Crippen molar-refractivity contribution in [3.63, 3.8) is 0 Å². The minimum atomic E-state index is -5.23. The number of rotatable bonds is 2. The van der Waals surface area contributed by atoms with E-state index in [0.717, 1.165) is 30.0 Å². The molecule has 0 fully saturated rings. The molecule has 0 bridgehead atoms. The molecule has 0 atom stereocenters. The predicted octanol–water partition coefficient (Wildman–Crippen LogP) is 6.27. The van der Waals surface area contributed by atoms with Gasteiger partial charge in [-0.1, -0.05) is 35.0 Å². The standard InChI is InChI=1S/C12H8F2N.C10H4F6N3.Ir/c1-8-4-5-15-12(6-8)10-3-2-9(13)7-11(10)14;11-9(12,13)6-7(5-3-1-2-4-17-5)18-19-8(6)10(14,15)16;/h2,4-7H,1H3;1-4H;/q2*-1;. The number of aryl methyl sites for hydroxylation is 1. The van der Waals surface area contributed by atoms with E-state index >= 15 is 0 Å². The Morgan fingerprint density at radius 1 is 0.857 bits per heavy atom. The van der Waals surface area contributed by atoms with Crippen LogP contribution in [0.4, 0.5) is 35.1 Å². The van der Waals surface area contributed by atoms with Crippen LogP contribution in [0.25, 0.3) is 22.6 Å². The van der Waals surface area contributed by atoms with E-state index in [9.17, 15) is 35.1 Å². The molecule has 35 heavy (non-hydrogen) atoms. The largest absolute Gasteiger partial charge is 0.573 e. The molecule has 3 aromatic heterocycles. The van der Waals surface area contributed by atoms with Gasteiger partial charge in [-0.05, 0) is 30.8 Å². The van der Waals surface area contributed by atoms with Crippen LogP contribution in [0.15, 0.2) is 54.9 Å². The van der Waals surface area contributed by atoms with E-state index in [1.54, 1.807) is 12.3 Å². The van der Waals surface area contributed by atoms with Crippen molar-refractivity contribution in [1.82, 2.24) is 20.2 Å². The zero-order chi connectivity index (χ0) is 25.1. The number of nitrogens with zero attached hydrogens (tertiary/aromatic N) is 4. The van der Waals surface area contributed by atoms with Gasteiger partial charge in [0.2, 0.25) is 0 Å². The Bertz CT molecular complexity index is 1270. The molecule has 0 aliphatic heterocycles. The Labute approximate surface area is 206 Å². The molecule has 1 aromatic carbocycles. The molecular weight excluding hydrogens is 664 g/mol. The van der Waals surface area contributed by atoms with Gasteiger partial charge in [0.15, 0.2) is 0 Å². The minimum absolute atomic E-state index is 0. The molecule has 0 unspecified atom stereocenters. The number of aromatic nitrogens is 4. The van der Waals surface area contributed by atoms with Gasteiger partial charge in [-0.2, -0.15) is 26.3 Å². The Balaban J connectivity index is 0.000000246. The molecule has 0 N–H and O–H groups in total. The molecule has 1 radical (unpaired) electrons. The van der Waals surface area contributed by atoms with Gasteiger partial charge in [0.05, 0.1) is 5.56 Å². The molecule has 187 valence electrons. The summed E-state index contributed by atoms with van der Waals surface area (Å²) in [5.74, 6) is -1.28. The zero-order valence-electron chi connectivity index (χ0n) is 17.3. The summed E-state index contributed by atoms with van der Waals surface area (Å²) in [7, 11) is 0. The molecule has 0 saturated carbocycles. The molecule has 3 heterocycles. The summed E-state index contributed by atoms with van der Waals surface area (Å²) in [6, 6.07) is 11.9. The molecule has 0 aliphatic carbocycles. The summed E-state index contributed by atoms with van der Waals surface area (Å²) in [5, 5.41) is 5.56. The van der Waals surface area contributed by atoms with Gasteiger partial charge in [-0.3, -0.25) is 13.8 Å². The third-order valence-corrected chi connectivity index (χ3v) is 4.21. The van der Waals surface area contributed by atoms with Crippen LogP contribution in [0, 0.1) is 24.6 Å². The molecule has 0 aliphatic rings. The maximum Gasteiger partial charge on any atom is 0.432 e. The molecule has 13 heteroatoms. The third-order valence-electron chi connectivity index (χ3n) is 4.21. The second-order valence-corrected chi connectivity index (χ2v) is 6.74. The molecule has 0 spiro atoms. The number of hydrogen-bond donors (Lipinski definition) is 0. The molecule has 4 nitrogen and oxygen atoms in total. The molecule has 0 saturated heterocycles. The van der Waals surface area contributed by atoms with E-state index < -0.39 is 40.9 Å². The fourth-order valence-electron chi connectivity index (χ4n) is 2.78. The van der Waals surface area contributed by atoms with Crippen LogP contribution in [0.1, 0.15) is 16.8 Å². The monoisotopic (exact) mass is 677 g/mol. The first kappa shape index (κ1) is 28.1. The van der Waals surface area contributed by atoms with Gasteiger partial charge < -0.3 is 15.2 Å². The Kier molecular flexibility index (Phi) is 8.85. The summed E-state index contributed by atoms with van der Waals surface area (Å²) >= 11 is 0. The first-order chi connectivity index (χ1) is 15.9. The molecule has 4 aromatic rings. The van der Waals surface area contributed by atoms with Crippen LogP contribution in [-0.2, 0) is 32.5 Å². The SMILES string of the molecule is Cc1ccnc(-c2[c-]cc(F)cc2F)c1.FC(F)(F)c1n[n-]c(-c2ccccn2)c1C(F)(F)F.[Ir]. The topological polar surface area (TPSA) is 52.8 Å². The van der Waals surface area contributed by atoms with E-state index in [1.807, 2.05) is 13.0 Å². The fraction of sp³-hybridized carbons (Fsp3) is 0.136. The van der Waals surface area contributed by atoms with Gasteiger partial charge in [-0.15, -0.1) is 12.1 Å². The third kappa shape index (κ3) is 6.92. The van der Waals surface area contributed by atoms with E-state index in [4.69, 9.17) is 0 Å². The van der Waals surface area contributed by atoms with E-state index in [0.29, 0.717) is 5.69 Å². The van der Waals surface area contributed by atoms with Crippen molar-refractivity contribution < 1.29 is 55.2 Å². The van der Waals surface area contributed by atoms with Crippen LogP contribution >= 0.6 is 0 Å². The van der Waals surface area contributed by atoms with Crippen molar-refractivity contribution in [2.75, 3.05) is 0 Å². The van der Waals surface area contributed by atoms with E-state index in [2.05, 4.69) is 26.2 Å². The van der Waals surface area contributed by atoms with Crippen LogP contribution in [0.5, 0.6) is 0 Å². The second kappa shape index (κ2) is 11.0. The fourth-order valence-corrected chi connectivity index (χ4v) is 2.78. The van der Waals surface area contributed by atoms with Crippen molar-refractivity contribution >= 4 is 0 Å². The molecule has 0 amide bonds. The molecule has 4 rings (SSSR count). The Hall–Kier alpha value is -3.18. The van der Waals surface area contributed by atoms with E-state index in [-0.39, 0.29) is 31.4 Å². The first-order valence-electron chi connectivity index (χ1n) is 9.27. The van der Waals surface area contributed by atoms with E-state index in [1.165, 1.54) is 12.1 Å². The normalized spacial score (nSPS) is 11.3. The van der Waals surface area contributed by atoms with Crippen molar-refractivity contribution in [3.8, 4) is 22.6 Å². The summed E-state index contributed by atoms with van der Waals surface area (Å²) in [5.41, 5.74) is -3.60. The summed E-state index contributed by atoms with van der Waals surface area (Å²) < 4.78 is 102. The van der Waals surface area contributed by atoms with Gasteiger partial charge >= 0.3 is 12.4 Å². The second-order valence-electron chi connectivity index (χ2n) is 6.74. The average molecular weight is 677 g/mol. The van der Waals surface area contributed by atoms with Crippen LogP contribution in [-0.4, -0.2) is 15.1 Å². The summed E-state index contributed by atoms with van der Waals surface area (Å²) in [6.45, 7) is 1.88. The average Bonchev–Trinajstić information content (AvgIpc) is 3.21. The van der Waals surface area contributed by atoms with Gasteiger partial charge in [0, 0.05) is 49.8 Å². The number of alkyl halides is 6. The predicted molar refractivity (Wildman–Crippen MR) is 104 cm³/mol. The number of benzene rings is 1. The summed E-state index contributed by atoms with van der Waals surface area (Å²) in [4.78, 5) is 7.56. The van der Waals surface area contributed by atoms with Crippen molar-refractivity contribution in [1.29, 1.82) is 0 Å². The first-order valence-corrected chi connectivity index (χ1v) is 9.27. The van der Waals surface area contributed by atoms with Gasteiger partial charge in [0.1, 0.15) is 5.69 Å². The van der Waals surface area contributed by atoms with Gasteiger partial charge in [-0.25, -0.2) is 0 Å².